The molecule has 0 aliphatic heterocycles. The highest BCUT2D eigenvalue weighted by Crippen LogP contribution is 2.26. The van der Waals surface area contributed by atoms with E-state index in [-0.39, 0.29) is 5.92 Å². The van der Waals surface area contributed by atoms with Crippen molar-refractivity contribution in [1.29, 1.82) is 0 Å². The van der Waals surface area contributed by atoms with Gasteiger partial charge in [0.05, 0.1) is 13.0 Å². The molecule has 114 valence electrons. The lowest BCUT2D eigenvalue weighted by molar-refractivity contribution is 0.414. The molecule has 0 spiro atoms. The van der Waals surface area contributed by atoms with Crippen LogP contribution in [0.3, 0.4) is 0 Å². The molecule has 0 saturated heterocycles. The fraction of sp³-hybridized carbons (Fsp3) is 0.143. The van der Waals surface area contributed by atoms with Crippen LogP contribution >= 0.6 is 11.3 Å². The molecule has 0 N–H and O–H groups in total. The summed E-state index contributed by atoms with van der Waals surface area (Å²) in [7, 11) is 1.68. The SMILES string of the molecule is COc1ccc(C(C#Cc2ccsc2)c2ccc(C)cc2)cc1. The summed E-state index contributed by atoms with van der Waals surface area (Å²) in [6, 6.07) is 18.8. The van der Waals surface area contributed by atoms with Crippen LogP contribution in [0, 0.1) is 18.8 Å². The average molecular weight is 318 g/mol. The molecule has 3 aromatic rings. The van der Waals surface area contributed by atoms with Gasteiger partial charge in [-0.1, -0.05) is 53.8 Å². The van der Waals surface area contributed by atoms with Gasteiger partial charge in [-0.15, -0.1) is 0 Å². The van der Waals surface area contributed by atoms with Crippen LogP contribution in [-0.4, -0.2) is 7.11 Å². The molecule has 1 nitrogen and oxygen atoms in total. The van der Waals surface area contributed by atoms with Crippen molar-refractivity contribution in [1.82, 2.24) is 0 Å². The van der Waals surface area contributed by atoms with E-state index in [2.05, 4.69) is 72.0 Å². The first-order chi connectivity index (χ1) is 11.3. The van der Waals surface area contributed by atoms with Crippen LogP contribution in [0.15, 0.2) is 65.4 Å². The average Bonchev–Trinajstić information content (AvgIpc) is 3.10. The lowest BCUT2D eigenvalue weighted by Crippen LogP contribution is -1.99. The van der Waals surface area contributed by atoms with Crippen molar-refractivity contribution in [2.24, 2.45) is 0 Å². The molecule has 0 fully saturated rings. The van der Waals surface area contributed by atoms with Crippen molar-refractivity contribution in [2.75, 3.05) is 7.11 Å². The molecule has 0 aliphatic carbocycles. The molecular formula is C21H18OS. The fourth-order valence-electron chi connectivity index (χ4n) is 2.41. The van der Waals surface area contributed by atoms with E-state index in [4.69, 9.17) is 4.74 Å². The molecular weight excluding hydrogens is 300 g/mol. The molecule has 23 heavy (non-hydrogen) atoms. The third-order valence-electron chi connectivity index (χ3n) is 3.74. The van der Waals surface area contributed by atoms with Gasteiger partial charge < -0.3 is 4.74 Å². The van der Waals surface area contributed by atoms with Crippen molar-refractivity contribution < 1.29 is 4.74 Å². The van der Waals surface area contributed by atoms with Gasteiger partial charge in [0.25, 0.3) is 0 Å². The van der Waals surface area contributed by atoms with Crippen LogP contribution in [0.4, 0.5) is 0 Å². The molecule has 1 aromatic heterocycles. The van der Waals surface area contributed by atoms with Gasteiger partial charge >= 0.3 is 0 Å². The highest BCUT2D eigenvalue weighted by atomic mass is 32.1. The summed E-state index contributed by atoms with van der Waals surface area (Å²) in [5, 5.41) is 4.13. The maximum Gasteiger partial charge on any atom is 0.118 e. The van der Waals surface area contributed by atoms with Crippen LogP contribution in [0.5, 0.6) is 5.75 Å². The molecule has 1 heterocycles. The Hall–Kier alpha value is -2.50. The van der Waals surface area contributed by atoms with Gasteiger partial charge in [-0.05, 0) is 41.6 Å². The Bertz CT molecular complexity index is 803. The monoisotopic (exact) mass is 318 g/mol. The van der Waals surface area contributed by atoms with Crippen LogP contribution in [0.2, 0.25) is 0 Å². The van der Waals surface area contributed by atoms with E-state index in [0.717, 1.165) is 11.3 Å². The molecule has 1 atom stereocenters. The largest absolute Gasteiger partial charge is 0.497 e. The molecule has 0 radical (unpaired) electrons. The standard InChI is InChI=1S/C21H18OS/c1-16-3-6-18(7-4-16)21(12-5-17-13-14-23-15-17)19-8-10-20(22-2)11-9-19/h3-4,6-11,13-15,21H,1-2H3. The van der Waals surface area contributed by atoms with Crippen LogP contribution < -0.4 is 4.74 Å². The number of rotatable bonds is 3. The predicted octanol–water partition coefficient (Wildman–Crippen LogP) is 5.25. The molecule has 0 amide bonds. The molecule has 3 rings (SSSR count). The Labute approximate surface area is 141 Å². The van der Waals surface area contributed by atoms with Gasteiger partial charge in [0.15, 0.2) is 0 Å². The molecule has 0 bridgehead atoms. The van der Waals surface area contributed by atoms with Gasteiger partial charge in [0.1, 0.15) is 5.75 Å². The van der Waals surface area contributed by atoms with Crippen molar-refractivity contribution in [3.05, 3.63) is 87.6 Å². The van der Waals surface area contributed by atoms with Gasteiger partial charge in [-0.25, -0.2) is 0 Å². The zero-order chi connectivity index (χ0) is 16.1. The summed E-state index contributed by atoms with van der Waals surface area (Å²) in [5.74, 6) is 7.64. The lowest BCUT2D eigenvalue weighted by atomic mass is 9.91. The number of hydrogen-bond acceptors (Lipinski definition) is 2. The number of benzene rings is 2. The van der Waals surface area contributed by atoms with E-state index in [1.54, 1.807) is 18.4 Å². The second-order valence-electron chi connectivity index (χ2n) is 5.40. The number of thiophene rings is 1. The minimum atomic E-state index is 0.0569. The van der Waals surface area contributed by atoms with Gasteiger partial charge in [0, 0.05) is 10.9 Å². The van der Waals surface area contributed by atoms with Crippen molar-refractivity contribution >= 4 is 11.3 Å². The zero-order valence-corrected chi connectivity index (χ0v) is 14.1. The van der Waals surface area contributed by atoms with Gasteiger partial charge in [0.2, 0.25) is 0 Å². The summed E-state index contributed by atoms with van der Waals surface area (Å²) < 4.78 is 5.25. The van der Waals surface area contributed by atoms with Gasteiger partial charge in [-0.2, -0.15) is 11.3 Å². The molecule has 1 unspecified atom stereocenters. The Morgan fingerprint density at radius 2 is 1.57 bits per heavy atom. The topological polar surface area (TPSA) is 9.23 Å². The van der Waals surface area contributed by atoms with Crippen molar-refractivity contribution in [3.63, 3.8) is 0 Å². The maximum atomic E-state index is 5.25. The van der Waals surface area contributed by atoms with E-state index in [9.17, 15) is 0 Å². The van der Waals surface area contributed by atoms with Crippen LogP contribution in [-0.2, 0) is 0 Å². The Balaban J connectivity index is 1.99. The third kappa shape index (κ3) is 3.83. The normalized spacial score (nSPS) is 11.4. The first kappa shape index (κ1) is 15.4. The number of aryl methyl sites for hydroxylation is 1. The first-order valence-corrected chi connectivity index (χ1v) is 8.45. The Morgan fingerprint density at radius 1 is 0.913 bits per heavy atom. The quantitative estimate of drug-likeness (QED) is 0.599. The smallest absolute Gasteiger partial charge is 0.118 e. The Morgan fingerprint density at radius 3 is 2.13 bits per heavy atom. The molecule has 0 saturated carbocycles. The molecule has 0 aliphatic rings. The third-order valence-corrected chi connectivity index (χ3v) is 4.43. The minimum absolute atomic E-state index is 0.0569. The Kier molecular flexibility index (Phi) is 4.80. The number of hydrogen-bond donors (Lipinski definition) is 0. The molecule has 2 aromatic carbocycles. The zero-order valence-electron chi connectivity index (χ0n) is 13.2. The fourth-order valence-corrected chi connectivity index (χ4v) is 2.99. The second kappa shape index (κ2) is 7.17. The highest BCUT2D eigenvalue weighted by molar-refractivity contribution is 7.08. The van der Waals surface area contributed by atoms with E-state index in [1.807, 2.05) is 12.1 Å². The maximum absolute atomic E-state index is 5.25. The van der Waals surface area contributed by atoms with E-state index in [1.165, 1.54) is 16.7 Å². The summed E-state index contributed by atoms with van der Waals surface area (Å²) >= 11 is 1.67. The number of ether oxygens (including phenoxy) is 1. The first-order valence-electron chi connectivity index (χ1n) is 7.50. The molecule has 2 heteroatoms. The highest BCUT2D eigenvalue weighted by Gasteiger charge is 2.11. The lowest BCUT2D eigenvalue weighted by Gasteiger charge is -2.13. The summed E-state index contributed by atoms with van der Waals surface area (Å²) in [6.45, 7) is 2.10. The summed E-state index contributed by atoms with van der Waals surface area (Å²) in [6.07, 6.45) is 0. The van der Waals surface area contributed by atoms with Crippen molar-refractivity contribution in [2.45, 2.75) is 12.8 Å². The van der Waals surface area contributed by atoms with E-state index in [0.29, 0.717) is 0 Å². The summed E-state index contributed by atoms with van der Waals surface area (Å²) in [5.41, 5.74) is 4.72. The summed E-state index contributed by atoms with van der Waals surface area (Å²) in [4.78, 5) is 0. The van der Waals surface area contributed by atoms with E-state index >= 15 is 0 Å². The predicted molar refractivity (Wildman–Crippen MR) is 97.2 cm³/mol. The van der Waals surface area contributed by atoms with Gasteiger partial charge in [-0.3, -0.25) is 0 Å². The number of methoxy groups -OCH3 is 1. The van der Waals surface area contributed by atoms with Crippen LogP contribution in [0.1, 0.15) is 28.2 Å². The minimum Gasteiger partial charge on any atom is -0.497 e. The van der Waals surface area contributed by atoms with Crippen LogP contribution in [0.25, 0.3) is 0 Å². The van der Waals surface area contributed by atoms with Crippen molar-refractivity contribution in [3.8, 4) is 17.6 Å². The van der Waals surface area contributed by atoms with E-state index < -0.39 is 0 Å². The second-order valence-corrected chi connectivity index (χ2v) is 6.18.